The first-order chi connectivity index (χ1) is 8.52. The van der Waals surface area contributed by atoms with E-state index < -0.39 is 0 Å². The summed E-state index contributed by atoms with van der Waals surface area (Å²) in [6.45, 7) is 8.41. The van der Waals surface area contributed by atoms with E-state index in [2.05, 4.69) is 4.90 Å². The zero-order valence-electron chi connectivity index (χ0n) is 11.7. The molecular weight excluding hydrogens is 246 g/mol. The van der Waals surface area contributed by atoms with Gasteiger partial charge in [-0.05, 0) is 40.2 Å². The minimum atomic E-state index is -0.128. The molecule has 18 heavy (non-hydrogen) atoms. The van der Waals surface area contributed by atoms with Gasteiger partial charge < -0.3 is 10.6 Å². The number of nitrogens with zero attached hydrogens (tertiary/aromatic N) is 2. The van der Waals surface area contributed by atoms with Crippen LogP contribution in [-0.4, -0.2) is 52.4 Å². The maximum atomic E-state index is 12.4. The number of likely N-dealkylation sites (tertiary alicyclic amines) is 1. The smallest absolute Gasteiger partial charge is 0.239 e. The minimum absolute atomic E-state index is 0.0864. The largest absolute Gasteiger partial charge is 0.392 e. The van der Waals surface area contributed by atoms with Crippen LogP contribution in [0.3, 0.4) is 0 Å². The van der Waals surface area contributed by atoms with Crippen molar-refractivity contribution < 1.29 is 4.79 Å². The molecule has 2 N–H and O–H groups in total. The van der Waals surface area contributed by atoms with Crippen molar-refractivity contribution in [2.24, 2.45) is 5.73 Å². The van der Waals surface area contributed by atoms with Gasteiger partial charge in [0.25, 0.3) is 0 Å². The van der Waals surface area contributed by atoms with Crippen LogP contribution >= 0.6 is 12.2 Å². The van der Waals surface area contributed by atoms with Crippen molar-refractivity contribution in [3.63, 3.8) is 0 Å². The molecule has 1 heterocycles. The van der Waals surface area contributed by atoms with E-state index >= 15 is 0 Å². The van der Waals surface area contributed by atoms with Gasteiger partial charge in [-0.15, -0.1) is 0 Å². The van der Waals surface area contributed by atoms with E-state index in [1.165, 1.54) is 0 Å². The van der Waals surface area contributed by atoms with Gasteiger partial charge in [-0.3, -0.25) is 9.69 Å². The molecule has 0 spiro atoms. The zero-order valence-corrected chi connectivity index (χ0v) is 12.5. The van der Waals surface area contributed by atoms with Crippen molar-refractivity contribution in [1.82, 2.24) is 9.80 Å². The van der Waals surface area contributed by atoms with E-state index in [-0.39, 0.29) is 18.0 Å². The summed E-state index contributed by atoms with van der Waals surface area (Å²) in [6.07, 6.45) is 3.24. The molecule has 2 unspecified atom stereocenters. The average molecular weight is 271 g/mol. The Kier molecular flexibility index (Phi) is 6.02. The fourth-order valence-electron chi connectivity index (χ4n) is 2.66. The summed E-state index contributed by atoms with van der Waals surface area (Å²) in [4.78, 5) is 16.9. The van der Waals surface area contributed by atoms with Gasteiger partial charge in [0.15, 0.2) is 0 Å². The molecule has 0 saturated carbocycles. The lowest BCUT2D eigenvalue weighted by molar-refractivity contribution is -0.136. The summed E-state index contributed by atoms with van der Waals surface area (Å²) in [7, 11) is 0. The maximum absolute atomic E-state index is 12.4. The van der Waals surface area contributed by atoms with Crippen LogP contribution in [0.5, 0.6) is 0 Å². The summed E-state index contributed by atoms with van der Waals surface area (Å²) in [5.41, 5.74) is 5.80. The summed E-state index contributed by atoms with van der Waals surface area (Å²) in [5, 5.41) is 0. The van der Waals surface area contributed by atoms with Crippen LogP contribution in [0, 0.1) is 0 Å². The number of piperidine rings is 1. The fourth-order valence-corrected chi connectivity index (χ4v) is 2.92. The number of rotatable bonds is 5. The Morgan fingerprint density at radius 2 is 2.06 bits per heavy atom. The third-order valence-electron chi connectivity index (χ3n) is 3.80. The Hall–Kier alpha value is -0.680. The highest BCUT2D eigenvalue weighted by Gasteiger charge is 2.33. The van der Waals surface area contributed by atoms with Crippen LogP contribution in [0.1, 0.15) is 40.0 Å². The molecule has 4 nitrogen and oxygen atoms in total. The third kappa shape index (κ3) is 3.42. The number of hydrogen-bond donors (Lipinski definition) is 1. The molecule has 1 aliphatic rings. The van der Waals surface area contributed by atoms with E-state index in [9.17, 15) is 4.79 Å². The van der Waals surface area contributed by atoms with Crippen molar-refractivity contribution in [1.29, 1.82) is 0 Å². The molecule has 0 aliphatic carbocycles. The number of nitrogens with two attached hydrogens (primary N) is 1. The van der Waals surface area contributed by atoms with Gasteiger partial charge >= 0.3 is 0 Å². The Bertz CT molecular complexity index is 305. The van der Waals surface area contributed by atoms with Gasteiger partial charge in [0, 0.05) is 13.1 Å². The van der Waals surface area contributed by atoms with Gasteiger partial charge in [0.1, 0.15) is 0 Å². The first kappa shape index (κ1) is 15.4. The van der Waals surface area contributed by atoms with Crippen molar-refractivity contribution in [2.75, 3.05) is 19.6 Å². The van der Waals surface area contributed by atoms with E-state index in [1.807, 2.05) is 25.7 Å². The number of hydrogen-bond acceptors (Lipinski definition) is 3. The molecular formula is C13H25N3OS. The standard InChI is InChI=1S/C13H25N3OS/c1-4-15(5-2)13(17)10(3)16-9-7-6-8-11(16)12(14)18/h10-11H,4-9H2,1-3H3,(H2,14,18). The zero-order chi connectivity index (χ0) is 13.7. The van der Waals surface area contributed by atoms with E-state index in [0.29, 0.717) is 4.99 Å². The first-order valence-corrected chi connectivity index (χ1v) is 7.27. The number of amides is 1. The second-order valence-corrected chi connectivity index (χ2v) is 5.31. The van der Waals surface area contributed by atoms with E-state index in [0.717, 1.165) is 38.9 Å². The van der Waals surface area contributed by atoms with Gasteiger partial charge in [0.2, 0.25) is 5.91 Å². The predicted octanol–water partition coefficient (Wildman–Crippen LogP) is 1.38. The second-order valence-electron chi connectivity index (χ2n) is 4.84. The number of thiocarbonyl (C=S) groups is 1. The lowest BCUT2D eigenvalue weighted by atomic mass is 9.99. The molecule has 1 rings (SSSR count). The third-order valence-corrected chi connectivity index (χ3v) is 4.07. The van der Waals surface area contributed by atoms with Crippen LogP contribution in [-0.2, 0) is 4.79 Å². The van der Waals surface area contributed by atoms with Crippen LogP contribution in [0.4, 0.5) is 0 Å². The van der Waals surface area contributed by atoms with Crippen LogP contribution in [0.15, 0.2) is 0 Å². The van der Waals surface area contributed by atoms with Crippen LogP contribution in [0.25, 0.3) is 0 Å². The number of carbonyl (C=O) groups is 1. The topological polar surface area (TPSA) is 49.6 Å². The summed E-state index contributed by atoms with van der Waals surface area (Å²) < 4.78 is 0. The van der Waals surface area contributed by atoms with Gasteiger partial charge in [-0.2, -0.15) is 0 Å². The molecule has 1 amide bonds. The molecule has 1 saturated heterocycles. The van der Waals surface area contributed by atoms with Gasteiger partial charge in [-0.1, -0.05) is 18.6 Å². The molecule has 0 aromatic rings. The molecule has 0 aromatic heterocycles. The first-order valence-electron chi connectivity index (χ1n) is 6.86. The van der Waals surface area contributed by atoms with Gasteiger partial charge in [-0.25, -0.2) is 0 Å². The number of likely N-dealkylation sites (N-methyl/N-ethyl adjacent to an activating group) is 1. The quantitative estimate of drug-likeness (QED) is 0.768. The van der Waals surface area contributed by atoms with E-state index in [1.54, 1.807) is 0 Å². The van der Waals surface area contributed by atoms with Crippen LogP contribution < -0.4 is 5.73 Å². The Labute approximate surface area is 115 Å². The van der Waals surface area contributed by atoms with Crippen molar-refractivity contribution in [3.05, 3.63) is 0 Å². The normalized spacial score (nSPS) is 22.5. The molecule has 1 fully saturated rings. The van der Waals surface area contributed by atoms with Crippen molar-refractivity contribution >= 4 is 23.1 Å². The minimum Gasteiger partial charge on any atom is -0.392 e. The predicted molar refractivity (Wildman–Crippen MR) is 78.5 cm³/mol. The second kappa shape index (κ2) is 7.04. The molecule has 2 atom stereocenters. The summed E-state index contributed by atoms with van der Waals surface area (Å²) >= 11 is 5.13. The Morgan fingerprint density at radius 3 is 2.56 bits per heavy atom. The van der Waals surface area contributed by atoms with E-state index in [4.69, 9.17) is 18.0 Å². The molecule has 1 aliphatic heterocycles. The van der Waals surface area contributed by atoms with Crippen molar-refractivity contribution in [2.45, 2.75) is 52.1 Å². The Balaban J connectivity index is 2.76. The lowest BCUT2D eigenvalue weighted by Crippen LogP contribution is -2.56. The fraction of sp³-hybridized carbons (Fsp3) is 0.846. The molecule has 0 radical (unpaired) electrons. The van der Waals surface area contributed by atoms with Crippen LogP contribution in [0.2, 0.25) is 0 Å². The average Bonchev–Trinajstić information content (AvgIpc) is 2.39. The molecule has 5 heteroatoms. The maximum Gasteiger partial charge on any atom is 0.239 e. The number of carbonyl (C=O) groups excluding carboxylic acids is 1. The molecule has 0 bridgehead atoms. The molecule has 104 valence electrons. The highest BCUT2D eigenvalue weighted by molar-refractivity contribution is 7.80. The van der Waals surface area contributed by atoms with Gasteiger partial charge in [0.05, 0.1) is 17.1 Å². The highest BCUT2D eigenvalue weighted by atomic mass is 32.1. The summed E-state index contributed by atoms with van der Waals surface area (Å²) in [6, 6.07) is -0.0417. The summed E-state index contributed by atoms with van der Waals surface area (Å²) in [5.74, 6) is 0.183. The monoisotopic (exact) mass is 271 g/mol. The molecule has 0 aromatic carbocycles. The highest BCUT2D eigenvalue weighted by Crippen LogP contribution is 2.20. The Morgan fingerprint density at radius 1 is 1.44 bits per heavy atom. The lowest BCUT2D eigenvalue weighted by Gasteiger charge is -2.40. The van der Waals surface area contributed by atoms with Crippen molar-refractivity contribution in [3.8, 4) is 0 Å². The SMILES string of the molecule is CCN(CC)C(=O)C(C)N1CCCCC1C(N)=S.